The summed E-state index contributed by atoms with van der Waals surface area (Å²) in [5, 5.41) is 12.9. The Morgan fingerprint density at radius 3 is 2.89 bits per heavy atom. The quantitative estimate of drug-likeness (QED) is 0.780. The number of hydrogen-bond donors (Lipinski definition) is 1. The molecule has 0 aromatic carbocycles. The molecule has 2 rings (SSSR count). The molecule has 18 heavy (non-hydrogen) atoms. The average Bonchev–Trinajstić information content (AvgIpc) is 2.77. The topological polar surface area (TPSA) is 84.7 Å². The Balaban J connectivity index is 2.28. The molecular formula is C10H17N3O4S. The van der Waals surface area contributed by atoms with E-state index in [1.54, 1.807) is 14.0 Å². The van der Waals surface area contributed by atoms with E-state index in [4.69, 9.17) is 9.84 Å². The molecule has 2 heterocycles. The van der Waals surface area contributed by atoms with Crippen LogP contribution >= 0.6 is 0 Å². The maximum Gasteiger partial charge on any atom is 0.246 e. The van der Waals surface area contributed by atoms with E-state index in [1.807, 2.05) is 0 Å². The molecule has 0 saturated carbocycles. The summed E-state index contributed by atoms with van der Waals surface area (Å²) >= 11 is 0. The van der Waals surface area contributed by atoms with Crippen molar-refractivity contribution in [2.75, 3.05) is 19.8 Å². The number of aryl methyl sites for hydroxylation is 1. The van der Waals surface area contributed by atoms with Gasteiger partial charge in [0.2, 0.25) is 10.0 Å². The minimum Gasteiger partial charge on any atom is -0.394 e. The normalized spacial score (nSPS) is 26.4. The van der Waals surface area contributed by atoms with Gasteiger partial charge in [-0.2, -0.15) is 9.40 Å². The summed E-state index contributed by atoms with van der Waals surface area (Å²) < 4.78 is 32.9. The lowest BCUT2D eigenvalue weighted by Crippen LogP contribution is -2.51. The number of morpholine rings is 1. The van der Waals surface area contributed by atoms with Crippen molar-refractivity contribution >= 4 is 10.0 Å². The molecular weight excluding hydrogens is 258 g/mol. The molecule has 0 radical (unpaired) electrons. The van der Waals surface area contributed by atoms with Crippen LogP contribution < -0.4 is 0 Å². The molecule has 1 aromatic heterocycles. The second-order valence-corrected chi connectivity index (χ2v) is 6.30. The standard InChI is InChI=1S/C10H17N3O4S/c1-8-7-17-9(6-14)4-13(8)18(15,16)10-3-11-12(2)5-10/h3,5,8-9,14H,4,6-7H2,1-2H3. The molecule has 8 heteroatoms. The minimum absolute atomic E-state index is 0.162. The summed E-state index contributed by atoms with van der Waals surface area (Å²) in [5.74, 6) is 0. The summed E-state index contributed by atoms with van der Waals surface area (Å²) in [6.07, 6.45) is 2.32. The summed E-state index contributed by atoms with van der Waals surface area (Å²) in [6, 6.07) is -0.252. The maximum atomic E-state index is 12.4. The van der Waals surface area contributed by atoms with Gasteiger partial charge in [0.15, 0.2) is 0 Å². The fourth-order valence-corrected chi connectivity index (χ4v) is 3.54. The number of aliphatic hydroxyl groups is 1. The maximum absolute atomic E-state index is 12.4. The summed E-state index contributed by atoms with van der Waals surface area (Å²) in [7, 11) is -1.91. The van der Waals surface area contributed by atoms with E-state index in [0.717, 1.165) is 0 Å². The van der Waals surface area contributed by atoms with Crippen LogP contribution in [0.5, 0.6) is 0 Å². The molecule has 0 amide bonds. The van der Waals surface area contributed by atoms with Crippen LogP contribution in [0.1, 0.15) is 6.92 Å². The first-order valence-corrected chi connectivity index (χ1v) is 7.12. The van der Waals surface area contributed by atoms with Crippen molar-refractivity contribution in [1.82, 2.24) is 14.1 Å². The van der Waals surface area contributed by atoms with Crippen molar-refractivity contribution < 1.29 is 18.3 Å². The van der Waals surface area contributed by atoms with Crippen LogP contribution in [0.25, 0.3) is 0 Å². The second-order valence-electron chi connectivity index (χ2n) is 4.41. The number of nitrogens with zero attached hydrogens (tertiary/aromatic N) is 3. The lowest BCUT2D eigenvalue weighted by molar-refractivity contribution is -0.0516. The highest BCUT2D eigenvalue weighted by molar-refractivity contribution is 7.89. The minimum atomic E-state index is -3.57. The first-order valence-electron chi connectivity index (χ1n) is 5.68. The lowest BCUT2D eigenvalue weighted by Gasteiger charge is -2.35. The van der Waals surface area contributed by atoms with Crippen molar-refractivity contribution in [2.45, 2.75) is 24.0 Å². The van der Waals surface area contributed by atoms with Gasteiger partial charge >= 0.3 is 0 Å². The van der Waals surface area contributed by atoms with Gasteiger partial charge in [0.1, 0.15) is 4.90 Å². The van der Waals surface area contributed by atoms with E-state index in [0.29, 0.717) is 0 Å². The van der Waals surface area contributed by atoms with Gasteiger partial charge in [0.25, 0.3) is 0 Å². The first-order chi connectivity index (χ1) is 8.45. The molecule has 1 aromatic rings. The van der Waals surface area contributed by atoms with Crippen LogP contribution in [0.4, 0.5) is 0 Å². The smallest absolute Gasteiger partial charge is 0.246 e. The van der Waals surface area contributed by atoms with Gasteiger partial charge in [0.05, 0.1) is 25.5 Å². The number of aromatic nitrogens is 2. The second kappa shape index (κ2) is 4.96. The molecule has 7 nitrogen and oxygen atoms in total. The Kier molecular flexibility index (Phi) is 3.71. The van der Waals surface area contributed by atoms with Crippen molar-refractivity contribution in [1.29, 1.82) is 0 Å². The van der Waals surface area contributed by atoms with Gasteiger partial charge < -0.3 is 9.84 Å². The fraction of sp³-hybridized carbons (Fsp3) is 0.700. The average molecular weight is 275 g/mol. The zero-order valence-corrected chi connectivity index (χ0v) is 11.2. The summed E-state index contributed by atoms with van der Waals surface area (Å²) in [4.78, 5) is 0.162. The van der Waals surface area contributed by atoms with E-state index in [2.05, 4.69) is 5.10 Å². The molecule has 0 bridgehead atoms. The zero-order chi connectivity index (χ0) is 13.3. The van der Waals surface area contributed by atoms with Crippen molar-refractivity contribution in [3.8, 4) is 0 Å². The molecule has 2 atom stereocenters. The Morgan fingerprint density at radius 1 is 1.61 bits per heavy atom. The number of ether oxygens (including phenoxy) is 1. The largest absolute Gasteiger partial charge is 0.394 e. The number of rotatable bonds is 3. The molecule has 1 aliphatic heterocycles. The lowest BCUT2D eigenvalue weighted by atomic mass is 10.2. The van der Waals surface area contributed by atoms with Gasteiger partial charge in [0, 0.05) is 25.8 Å². The van der Waals surface area contributed by atoms with Gasteiger partial charge in [-0.05, 0) is 6.92 Å². The third kappa shape index (κ3) is 2.41. The summed E-state index contributed by atoms with van der Waals surface area (Å²) in [6.45, 7) is 2.03. The van der Waals surface area contributed by atoms with E-state index < -0.39 is 16.1 Å². The van der Waals surface area contributed by atoms with Crippen LogP contribution in [-0.4, -0.2) is 59.5 Å². The third-order valence-electron chi connectivity index (χ3n) is 2.94. The van der Waals surface area contributed by atoms with Gasteiger partial charge in [-0.3, -0.25) is 4.68 Å². The molecule has 2 unspecified atom stereocenters. The van der Waals surface area contributed by atoms with E-state index >= 15 is 0 Å². The monoisotopic (exact) mass is 275 g/mol. The Labute approximate surface area is 106 Å². The Hall–Kier alpha value is -0.960. The molecule has 102 valence electrons. The molecule has 1 aliphatic rings. The first kappa shape index (κ1) is 13.5. The van der Waals surface area contributed by atoms with E-state index in [-0.39, 0.29) is 30.7 Å². The number of sulfonamides is 1. The third-order valence-corrected chi connectivity index (χ3v) is 4.87. The van der Waals surface area contributed by atoms with Gasteiger partial charge in [-0.25, -0.2) is 8.42 Å². The predicted octanol–water partition coefficient (Wildman–Crippen LogP) is -0.810. The predicted molar refractivity (Wildman–Crippen MR) is 63.4 cm³/mol. The molecule has 0 spiro atoms. The van der Waals surface area contributed by atoms with E-state index in [9.17, 15) is 8.42 Å². The van der Waals surface area contributed by atoms with Crippen LogP contribution in [0.2, 0.25) is 0 Å². The molecule has 1 saturated heterocycles. The SMILES string of the molecule is CC1COC(CO)CN1S(=O)(=O)c1cnn(C)c1. The fourth-order valence-electron chi connectivity index (χ4n) is 1.90. The molecule has 1 fully saturated rings. The van der Waals surface area contributed by atoms with Crippen LogP contribution in [0, 0.1) is 0 Å². The van der Waals surface area contributed by atoms with Gasteiger partial charge in [-0.15, -0.1) is 0 Å². The zero-order valence-electron chi connectivity index (χ0n) is 10.4. The molecule has 0 aliphatic carbocycles. The Morgan fingerprint density at radius 2 is 2.33 bits per heavy atom. The van der Waals surface area contributed by atoms with Crippen molar-refractivity contribution in [3.05, 3.63) is 12.4 Å². The van der Waals surface area contributed by atoms with Crippen molar-refractivity contribution in [3.63, 3.8) is 0 Å². The van der Waals surface area contributed by atoms with Crippen molar-refractivity contribution in [2.24, 2.45) is 7.05 Å². The highest BCUT2D eigenvalue weighted by Crippen LogP contribution is 2.21. The Bertz CT molecular complexity index is 513. The molecule has 1 N–H and O–H groups in total. The highest BCUT2D eigenvalue weighted by atomic mass is 32.2. The van der Waals surface area contributed by atoms with Crippen LogP contribution in [0.3, 0.4) is 0 Å². The van der Waals surface area contributed by atoms with Crippen LogP contribution in [0.15, 0.2) is 17.3 Å². The number of hydrogen-bond acceptors (Lipinski definition) is 5. The van der Waals surface area contributed by atoms with Crippen LogP contribution in [-0.2, 0) is 21.8 Å². The highest BCUT2D eigenvalue weighted by Gasteiger charge is 2.35. The number of aliphatic hydroxyl groups excluding tert-OH is 1. The van der Waals surface area contributed by atoms with E-state index in [1.165, 1.54) is 21.4 Å². The summed E-state index contributed by atoms with van der Waals surface area (Å²) in [5.41, 5.74) is 0. The van der Waals surface area contributed by atoms with Gasteiger partial charge in [-0.1, -0.05) is 0 Å².